The van der Waals surface area contributed by atoms with E-state index in [4.69, 9.17) is 4.42 Å². The largest absolute Gasteiger partial charge is 0.424 e. The lowest BCUT2D eigenvalue weighted by molar-refractivity contribution is -0.122. The van der Waals surface area contributed by atoms with Crippen molar-refractivity contribution in [2.75, 3.05) is 32.7 Å². The standard InChI is InChI=1S/C18H25N5O2/c1-2-17-20-21-18(25-17)14-23-10-8-22(9-11-23)13-16(24)19-12-15-6-4-3-5-7-15/h3-7H,2,8-14H2,1H3,(H,19,24). The van der Waals surface area contributed by atoms with Crippen LogP contribution in [0.4, 0.5) is 0 Å². The van der Waals surface area contributed by atoms with Gasteiger partial charge in [0.25, 0.3) is 0 Å². The normalized spacial score (nSPS) is 16.0. The molecule has 0 aliphatic carbocycles. The third-order valence-electron chi connectivity index (χ3n) is 4.33. The van der Waals surface area contributed by atoms with Gasteiger partial charge in [-0.3, -0.25) is 14.6 Å². The first-order valence-corrected chi connectivity index (χ1v) is 8.79. The van der Waals surface area contributed by atoms with Crippen LogP contribution in [-0.2, 0) is 24.3 Å². The second-order valence-electron chi connectivity index (χ2n) is 6.26. The van der Waals surface area contributed by atoms with Gasteiger partial charge in [-0.1, -0.05) is 37.3 Å². The van der Waals surface area contributed by atoms with E-state index in [0.717, 1.165) is 38.2 Å². The average Bonchev–Trinajstić information content (AvgIpc) is 3.10. The van der Waals surface area contributed by atoms with Gasteiger partial charge in [-0.2, -0.15) is 0 Å². The molecule has 3 rings (SSSR count). The minimum atomic E-state index is 0.0711. The molecule has 1 N–H and O–H groups in total. The molecule has 1 aromatic carbocycles. The summed E-state index contributed by atoms with van der Waals surface area (Å²) in [5.41, 5.74) is 1.12. The maximum Gasteiger partial charge on any atom is 0.234 e. The molecule has 1 aromatic heterocycles. The molecular formula is C18H25N5O2. The van der Waals surface area contributed by atoms with E-state index in [1.54, 1.807) is 0 Å². The van der Waals surface area contributed by atoms with E-state index in [2.05, 4.69) is 25.3 Å². The van der Waals surface area contributed by atoms with Crippen molar-refractivity contribution < 1.29 is 9.21 Å². The highest BCUT2D eigenvalue weighted by Crippen LogP contribution is 2.08. The fourth-order valence-corrected chi connectivity index (χ4v) is 2.85. The zero-order chi connectivity index (χ0) is 17.5. The van der Waals surface area contributed by atoms with Crippen LogP contribution in [0.2, 0.25) is 0 Å². The molecule has 0 radical (unpaired) electrons. The predicted octanol–water partition coefficient (Wildman–Crippen LogP) is 1.07. The van der Waals surface area contributed by atoms with E-state index in [1.165, 1.54) is 0 Å². The zero-order valence-corrected chi connectivity index (χ0v) is 14.6. The fraction of sp³-hybridized carbons (Fsp3) is 0.500. The molecule has 1 amide bonds. The van der Waals surface area contributed by atoms with Crippen molar-refractivity contribution in [1.29, 1.82) is 0 Å². The monoisotopic (exact) mass is 343 g/mol. The predicted molar refractivity (Wildman–Crippen MR) is 93.7 cm³/mol. The summed E-state index contributed by atoms with van der Waals surface area (Å²) in [5.74, 6) is 1.43. The van der Waals surface area contributed by atoms with Gasteiger partial charge < -0.3 is 9.73 Å². The number of hydrogen-bond acceptors (Lipinski definition) is 6. The number of amides is 1. The first kappa shape index (κ1) is 17.6. The molecule has 0 spiro atoms. The number of aromatic nitrogens is 2. The topological polar surface area (TPSA) is 74.5 Å². The number of benzene rings is 1. The van der Waals surface area contributed by atoms with Gasteiger partial charge in [0, 0.05) is 39.1 Å². The van der Waals surface area contributed by atoms with Crippen LogP contribution in [0.3, 0.4) is 0 Å². The summed E-state index contributed by atoms with van der Waals surface area (Å²) in [6, 6.07) is 9.96. The number of carbonyl (C=O) groups is 1. The summed E-state index contributed by atoms with van der Waals surface area (Å²) in [6.45, 7) is 7.24. The van der Waals surface area contributed by atoms with E-state index in [0.29, 0.717) is 31.4 Å². The third-order valence-corrected chi connectivity index (χ3v) is 4.33. The summed E-state index contributed by atoms with van der Waals surface area (Å²) in [5, 5.41) is 11.0. The number of piperazine rings is 1. The van der Waals surface area contributed by atoms with E-state index in [1.807, 2.05) is 37.3 Å². The van der Waals surface area contributed by atoms with E-state index in [-0.39, 0.29) is 5.91 Å². The molecule has 134 valence electrons. The maximum atomic E-state index is 12.1. The molecule has 1 aliphatic rings. The summed E-state index contributed by atoms with van der Waals surface area (Å²) >= 11 is 0. The molecule has 0 saturated carbocycles. The number of nitrogens with one attached hydrogen (secondary N) is 1. The minimum Gasteiger partial charge on any atom is -0.424 e. The lowest BCUT2D eigenvalue weighted by Gasteiger charge is -2.33. The van der Waals surface area contributed by atoms with Crippen molar-refractivity contribution in [1.82, 2.24) is 25.3 Å². The van der Waals surface area contributed by atoms with E-state index in [9.17, 15) is 4.79 Å². The molecule has 1 saturated heterocycles. The Hall–Kier alpha value is -2.25. The van der Waals surface area contributed by atoms with Crippen LogP contribution in [0.5, 0.6) is 0 Å². The van der Waals surface area contributed by atoms with Gasteiger partial charge >= 0.3 is 0 Å². The van der Waals surface area contributed by atoms with Crippen molar-refractivity contribution in [3.05, 3.63) is 47.7 Å². The molecular weight excluding hydrogens is 318 g/mol. The Bertz CT molecular complexity index is 665. The Kier molecular flexibility index (Phi) is 6.14. The Morgan fingerprint density at radius 2 is 1.76 bits per heavy atom. The average molecular weight is 343 g/mol. The number of rotatable bonds is 7. The molecule has 2 aromatic rings. The molecule has 2 heterocycles. The molecule has 0 bridgehead atoms. The van der Waals surface area contributed by atoms with Crippen molar-refractivity contribution in [3.63, 3.8) is 0 Å². The first-order valence-electron chi connectivity index (χ1n) is 8.79. The summed E-state index contributed by atoms with van der Waals surface area (Å²) in [7, 11) is 0. The van der Waals surface area contributed by atoms with Crippen molar-refractivity contribution in [2.24, 2.45) is 0 Å². The van der Waals surface area contributed by atoms with Crippen LogP contribution in [0.15, 0.2) is 34.7 Å². The SMILES string of the molecule is CCc1nnc(CN2CCN(CC(=O)NCc3ccccc3)CC2)o1. The molecule has 7 heteroatoms. The van der Waals surface area contributed by atoms with Crippen LogP contribution >= 0.6 is 0 Å². The zero-order valence-electron chi connectivity index (χ0n) is 14.6. The summed E-state index contributed by atoms with van der Waals surface area (Å²) < 4.78 is 5.56. The molecule has 1 fully saturated rings. The van der Waals surface area contributed by atoms with Gasteiger partial charge in [0.15, 0.2) is 0 Å². The maximum absolute atomic E-state index is 12.1. The third kappa shape index (κ3) is 5.37. The Morgan fingerprint density at radius 1 is 1.08 bits per heavy atom. The number of carbonyl (C=O) groups excluding carboxylic acids is 1. The van der Waals surface area contributed by atoms with E-state index < -0.39 is 0 Å². The molecule has 0 unspecified atom stereocenters. The van der Waals surface area contributed by atoms with Gasteiger partial charge in [0.1, 0.15) is 0 Å². The molecule has 25 heavy (non-hydrogen) atoms. The minimum absolute atomic E-state index is 0.0711. The van der Waals surface area contributed by atoms with Gasteiger partial charge in [0.05, 0.1) is 13.1 Å². The summed E-state index contributed by atoms with van der Waals surface area (Å²) in [4.78, 5) is 16.6. The van der Waals surface area contributed by atoms with Gasteiger partial charge in [0.2, 0.25) is 17.7 Å². The van der Waals surface area contributed by atoms with Crippen LogP contribution in [0.25, 0.3) is 0 Å². The number of nitrogens with zero attached hydrogens (tertiary/aromatic N) is 4. The highest BCUT2D eigenvalue weighted by Gasteiger charge is 2.20. The number of aryl methyl sites for hydroxylation is 1. The molecule has 1 aliphatic heterocycles. The second-order valence-corrected chi connectivity index (χ2v) is 6.26. The van der Waals surface area contributed by atoms with Gasteiger partial charge in [-0.15, -0.1) is 10.2 Å². The van der Waals surface area contributed by atoms with Gasteiger partial charge in [-0.05, 0) is 5.56 Å². The highest BCUT2D eigenvalue weighted by atomic mass is 16.4. The quantitative estimate of drug-likeness (QED) is 0.810. The highest BCUT2D eigenvalue weighted by molar-refractivity contribution is 5.78. The van der Waals surface area contributed by atoms with Crippen LogP contribution < -0.4 is 5.32 Å². The number of hydrogen-bond donors (Lipinski definition) is 1. The van der Waals surface area contributed by atoms with Gasteiger partial charge in [-0.25, -0.2) is 0 Å². The van der Waals surface area contributed by atoms with Crippen LogP contribution in [0, 0.1) is 0 Å². The Labute approximate surface area is 148 Å². The molecule has 7 nitrogen and oxygen atoms in total. The Morgan fingerprint density at radius 3 is 2.44 bits per heavy atom. The van der Waals surface area contributed by atoms with Crippen molar-refractivity contribution in [3.8, 4) is 0 Å². The first-order chi connectivity index (χ1) is 12.2. The smallest absolute Gasteiger partial charge is 0.234 e. The lowest BCUT2D eigenvalue weighted by Crippen LogP contribution is -2.49. The fourth-order valence-electron chi connectivity index (χ4n) is 2.85. The Balaban J connectivity index is 1.36. The van der Waals surface area contributed by atoms with E-state index >= 15 is 0 Å². The molecule has 0 atom stereocenters. The van der Waals surface area contributed by atoms with Crippen molar-refractivity contribution in [2.45, 2.75) is 26.4 Å². The van der Waals surface area contributed by atoms with Crippen molar-refractivity contribution >= 4 is 5.91 Å². The summed E-state index contributed by atoms with van der Waals surface area (Å²) in [6.07, 6.45) is 0.763. The van der Waals surface area contributed by atoms with Crippen LogP contribution in [0.1, 0.15) is 24.3 Å². The lowest BCUT2D eigenvalue weighted by atomic mass is 10.2. The van der Waals surface area contributed by atoms with Crippen LogP contribution in [-0.4, -0.2) is 58.6 Å². The second kappa shape index (κ2) is 8.73.